The van der Waals surface area contributed by atoms with Crippen molar-refractivity contribution in [3.05, 3.63) is 59.9 Å². The van der Waals surface area contributed by atoms with Crippen molar-refractivity contribution in [3.8, 4) is 5.75 Å². The monoisotopic (exact) mass is 344 g/mol. The Labute approximate surface area is 147 Å². The Balaban J connectivity index is 1.49. The van der Waals surface area contributed by atoms with Gasteiger partial charge in [0.2, 0.25) is 0 Å². The van der Waals surface area contributed by atoms with Crippen molar-refractivity contribution >= 4 is 11.7 Å². The van der Waals surface area contributed by atoms with Gasteiger partial charge in [-0.05, 0) is 24.3 Å². The molecule has 6 heteroatoms. The molecular formula is C19H23FN3O2+. The average molecular weight is 344 g/mol. The molecule has 0 spiro atoms. The number of quaternary nitrogens is 1. The highest BCUT2D eigenvalue weighted by molar-refractivity contribution is 5.89. The highest BCUT2D eigenvalue weighted by Gasteiger charge is 2.23. The molecule has 2 aromatic rings. The van der Waals surface area contributed by atoms with E-state index in [4.69, 9.17) is 4.74 Å². The summed E-state index contributed by atoms with van der Waals surface area (Å²) in [6, 6.07) is 13.9. The minimum Gasteiger partial charge on any atom is -0.497 e. The molecule has 0 saturated carbocycles. The molecule has 0 aliphatic carbocycles. The van der Waals surface area contributed by atoms with Crippen LogP contribution in [0.25, 0.3) is 0 Å². The third-order valence-corrected chi connectivity index (χ3v) is 4.45. The van der Waals surface area contributed by atoms with E-state index in [0.717, 1.165) is 30.9 Å². The van der Waals surface area contributed by atoms with Crippen molar-refractivity contribution in [2.45, 2.75) is 6.54 Å². The van der Waals surface area contributed by atoms with Gasteiger partial charge in [0, 0.05) is 17.3 Å². The topological polar surface area (TPSA) is 46.0 Å². The van der Waals surface area contributed by atoms with Crippen molar-refractivity contribution in [2.24, 2.45) is 0 Å². The van der Waals surface area contributed by atoms with E-state index in [1.807, 2.05) is 35.2 Å². The summed E-state index contributed by atoms with van der Waals surface area (Å²) >= 11 is 0. The summed E-state index contributed by atoms with van der Waals surface area (Å²) in [6.45, 7) is 4.01. The summed E-state index contributed by atoms with van der Waals surface area (Å²) in [6.07, 6.45) is 0. The maximum absolute atomic E-state index is 13.0. The second-order valence-electron chi connectivity index (χ2n) is 6.20. The molecule has 5 nitrogen and oxygen atoms in total. The van der Waals surface area contributed by atoms with Gasteiger partial charge < -0.3 is 19.9 Å². The van der Waals surface area contributed by atoms with Crippen molar-refractivity contribution in [1.29, 1.82) is 0 Å². The number of anilines is 1. The third kappa shape index (κ3) is 4.70. The minimum absolute atomic E-state index is 0.0888. The lowest BCUT2D eigenvalue weighted by Crippen LogP contribution is -3.13. The average Bonchev–Trinajstić information content (AvgIpc) is 2.64. The van der Waals surface area contributed by atoms with Gasteiger partial charge in [-0.15, -0.1) is 0 Å². The Morgan fingerprint density at radius 2 is 1.92 bits per heavy atom. The number of hydrogen-bond donors (Lipinski definition) is 2. The van der Waals surface area contributed by atoms with Gasteiger partial charge in [-0.3, -0.25) is 0 Å². The van der Waals surface area contributed by atoms with E-state index in [0.29, 0.717) is 18.8 Å². The van der Waals surface area contributed by atoms with Gasteiger partial charge in [-0.25, -0.2) is 9.18 Å². The number of nitrogens with one attached hydrogen (secondary N) is 2. The first-order chi connectivity index (χ1) is 12.1. The number of carbonyl (C=O) groups excluding carboxylic acids is 1. The predicted molar refractivity (Wildman–Crippen MR) is 94.4 cm³/mol. The number of halogens is 1. The van der Waals surface area contributed by atoms with Crippen LogP contribution in [0.2, 0.25) is 0 Å². The molecule has 0 unspecified atom stereocenters. The molecule has 0 aromatic heterocycles. The van der Waals surface area contributed by atoms with E-state index in [1.54, 1.807) is 13.2 Å². The molecule has 1 aliphatic heterocycles. The Bertz CT molecular complexity index is 713. The van der Waals surface area contributed by atoms with Gasteiger partial charge in [0.15, 0.2) is 0 Å². The van der Waals surface area contributed by atoms with Gasteiger partial charge in [0.1, 0.15) is 18.1 Å². The van der Waals surface area contributed by atoms with Crippen LogP contribution < -0.4 is 15.0 Å². The molecule has 1 aliphatic rings. The fraction of sp³-hybridized carbons (Fsp3) is 0.316. The first-order valence-electron chi connectivity index (χ1n) is 8.42. The van der Waals surface area contributed by atoms with Gasteiger partial charge >= 0.3 is 6.03 Å². The van der Waals surface area contributed by atoms with Crippen molar-refractivity contribution in [2.75, 3.05) is 38.6 Å². The van der Waals surface area contributed by atoms with E-state index >= 15 is 0 Å². The number of urea groups is 1. The first-order valence-corrected chi connectivity index (χ1v) is 8.42. The lowest BCUT2D eigenvalue weighted by atomic mass is 10.2. The van der Waals surface area contributed by atoms with Crippen LogP contribution in [0, 0.1) is 5.82 Å². The van der Waals surface area contributed by atoms with E-state index in [1.165, 1.54) is 17.0 Å². The number of nitrogens with zero attached hydrogens (tertiary/aromatic N) is 1. The number of piperazine rings is 1. The molecular weight excluding hydrogens is 321 g/mol. The molecule has 2 N–H and O–H groups in total. The molecule has 1 fully saturated rings. The summed E-state index contributed by atoms with van der Waals surface area (Å²) in [4.78, 5) is 15.6. The lowest BCUT2D eigenvalue weighted by molar-refractivity contribution is -0.917. The standard InChI is InChI=1S/C19H22FN3O2/c1-25-18-4-2-3-17(13-18)21-19(24)23-11-9-22(10-12-23)14-15-5-7-16(20)8-6-15/h2-8,13H,9-12,14H2,1H3,(H,21,24)/p+1. The second-order valence-corrected chi connectivity index (χ2v) is 6.20. The van der Waals surface area contributed by atoms with Gasteiger partial charge in [0.05, 0.1) is 33.3 Å². The van der Waals surface area contributed by atoms with Gasteiger partial charge in [0.25, 0.3) is 0 Å². The third-order valence-electron chi connectivity index (χ3n) is 4.45. The van der Waals surface area contributed by atoms with E-state index in [-0.39, 0.29) is 11.8 Å². The summed E-state index contributed by atoms with van der Waals surface area (Å²) in [5.74, 6) is 0.504. The maximum atomic E-state index is 13.0. The van der Waals surface area contributed by atoms with E-state index < -0.39 is 0 Å². The van der Waals surface area contributed by atoms with E-state index in [9.17, 15) is 9.18 Å². The summed E-state index contributed by atoms with van der Waals surface area (Å²) in [5.41, 5.74) is 1.84. The highest BCUT2D eigenvalue weighted by atomic mass is 19.1. The van der Waals surface area contributed by atoms with Crippen LogP contribution in [-0.2, 0) is 6.54 Å². The first kappa shape index (κ1) is 17.2. The Hall–Kier alpha value is -2.60. The molecule has 1 heterocycles. The van der Waals surface area contributed by atoms with Crippen molar-refractivity contribution in [3.63, 3.8) is 0 Å². The zero-order valence-corrected chi connectivity index (χ0v) is 14.3. The molecule has 25 heavy (non-hydrogen) atoms. The molecule has 3 rings (SSSR count). The molecule has 2 amide bonds. The SMILES string of the molecule is COc1cccc(NC(=O)N2CC[NH+](Cc3ccc(F)cc3)CC2)c1. The fourth-order valence-corrected chi connectivity index (χ4v) is 3.00. The van der Waals surface area contributed by atoms with Crippen molar-refractivity contribution in [1.82, 2.24) is 4.90 Å². The number of amides is 2. The Morgan fingerprint density at radius 1 is 1.20 bits per heavy atom. The van der Waals surface area contributed by atoms with E-state index in [2.05, 4.69) is 5.32 Å². The van der Waals surface area contributed by atoms with Crippen LogP contribution in [0.3, 0.4) is 0 Å². The minimum atomic E-state index is -0.210. The molecule has 2 aromatic carbocycles. The largest absolute Gasteiger partial charge is 0.497 e. The van der Waals surface area contributed by atoms with Crippen LogP contribution in [0.1, 0.15) is 5.56 Å². The molecule has 0 atom stereocenters. The van der Waals surface area contributed by atoms with Crippen LogP contribution in [0.5, 0.6) is 5.75 Å². The molecule has 1 saturated heterocycles. The maximum Gasteiger partial charge on any atom is 0.322 e. The number of rotatable bonds is 4. The molecule has 132 valence electrons. The number of methoxy groups -OCH3 is 1. The summed E-state index contributed by atoms with van der Waals surface area (Å²) < 4.78 is 18.1. The summed E-state index contributed by atoms with van der Waals surface area (Å²) in [5, 5.41) is 2.91. The van der Waals surface area contributed by atoms with Crippen LogP contribution in [0.4, 0.5) is 14.9 Å². The number of carbonyl (C=O) groups is 1. The van der Waals surface area contributed by atoms with Crippen LogP contribution in [-0.4, -0.2) is 44.2 Å². The quantitative estimate of drug-likeness (QED) is 0.888. The lowest BCUT2D eigenvalue weighted by Gasteiger charge is -2.32. The van der Waals surface area contributed by atoms with Crippen LogP contribution >= 0.6 is 0 Å². The molecule has 0 radical (unpaired) electrons. The fourth-order valence-electron chi connectivity index (χ4n) is 3.00. The van der Waals surface area contributed by atoms with Gasteiger partial charge in [-0.2, -0.15) is 0 Å². The number of benzene rings is 2. The predicted octanol–water partition coefficient (Wildman–Crippen LogP) is 1.77. The zero-order chi connectivity index (χ0) is 17.6. The highest BCUT2D eigenvalue weighted by Crippen LogP contribution is 2.17. The second kappa shape index (κ2) is 7.98. The number of hydrogen-bond acceptors (Lipinski definition) is 2. The van der Waals surface area contributed by atoms with Gasteiger partial charge in [-0.1, -0.05) is 18.2 Å². The normalized spacial score (nSPS) is 15.0. The smallest absolute Gasteiger partial charge is 0.322 e. The Kier molecular flexibility index (Phi) is 5.50. The zero-order valence-electron chi connectivity index (χ0n) is 14.3. The summed E-state index contributed by atoms with van der Waals surface area (Å²) in [7, 11) is 1.60. The molecule has 0 bridgehead atoms. The Morgan fingerprint density at radius 3 is 2.60 bits per heavy atom. The number of ether oxygens (including phenoxy) is 1. The van der Waals surface area contributed by atoms with Crippen LogP contribution in [0.15, 0.2) is 48.5 Å². The van der Waals surface area contributed by atoms with Crippen molar-refractivity contribution < 1.29 is 18.8 Å².